The molecule has 0 saturated carbocycles. The number of ketones is 1. The van der Waals surface area contributed by atoms with Crippen molar-refractivity contribution in [2.24, 2.45) is 0 Å². The molecule has 0 aliphatic rings. The Morgan fingerprint density at radius 3 is 2.38 bits per heavy atom. The molecule has 0 aliphatic heterocycles. The second-order valence-electron chi connectivity index (χ2n) is 3.24. The summed E-state index contributed by atoms with van der Waals surface area (Å²) in [6.07, 6.45) is 2.40. The Kier molecular flexibility index (Phi) is 6.78. The Bertz CT molecular complexity index is 299. The van der Waals surface area contributed by atoms with Gasteiger partial charge in [0.25, 0.3) is 0 Å². The Morgan fingerprint density at radius 1 is 1.31 bits per heavy atom. The number of carboxylic acids is 1. The first kappa shape index (κ1) is 14.3. The van der Waals surface area contributed by atoms with Gasteiger partial charge in [-0.1, -0.05) is 0 Å². The van der Waals surface area contributed by atoms with E-state index in [0.29, 0.717) is 6.54 Å². The maximum Gasteiger partial charge on any atom is 0.326 e. The van der Waals surface area contributed by atoms with Crippen LogP contribution in [0.5, 0.6) is 0 Å². The van der Waals surface area contributed by atoms with Gasteiger partial charge in [-0.2, -0.15) is 0 Å². The fourth-order valence-electron chi connectivity index (χ4n) is 0.959. The van der Waals surface area contributed by atoms with Crippen LogP contribution in [0.15, 0.2) is 12.2 Å². The maximum absolute atomic E-state index is 11.2. The average Bonchev–Trinajstić information content (AvgIpc) is 2.20. The first-order valence-electron chi connectivity index (χ1n) is 4.84. The molecule has 16 heavy (non-hydrogen) atoms. The summed E-state index contributed by atoms with van der Waals surface area (Å²) in [7, 11) is 1.69. The number of carbonyl (C=O) groups is 3. The quantitative estimate of drug-likeness (QED) is 0.501. The molecule has 0 aromatic rings. The van der Waals surface area contributed by atoms with E-state index < -0.39 is 17.9 Å². The van der Waals surface area contributed by atoms with Crippen LogP contribution >= 0.6 is 0 Å². The van der Waals surface area contributed by atoms with Gasteiger partial charge < -0.3 is 15.7 Å². The predicted octanol–water partition coefficient (Wildman–Crippen LogP) is -0.689. The van der Waals surface area contributed by atoms with Crippen molar-refractivity contribution in [2.75, 3.05) is 13.6 Å². The van der Waals surface area contributed by atoms with Crippen molar-refractivity contribution in [1.82, 2.24) is 10.6 Å². The predicted molar refractivity (Wildman–Crippen MR) is 57.9 cm³/mol. The lowest BCUT2D eigenvalue weighted by Crippen LogP contribution is -2.41. The van der Waals surface area contributed by atoms with Crippen molar-refractivity contribution in [3.63, 3.8) is 0 Å². The van der Waals surface area contributed by atoms with Crippen molar-refractivity contribution < 1.29 is 19.5 Å². The smallest absolute Gasteiger partial charge is 0.326 e. The van der Waals surface area contributed by atoms with E-state index in [2.05, 4.69) is 10.6 Å². The molecule has 0 aromatic heterocycles. The summed E-state index contributed by atoms with van der Waals surface area (Å²) in [6, 6.07) is -0.948. The zero-order valence-electron chi connectivity index (χ0n) is 9.32. The van der Waals surface area contributed by atoms with E-state index in [-0.39, 0.29) is 12.2 Å². The molecule has 0 aromatic carbocycles. The normalized spacial score (nSPS) is 12.4. The average molecular weight is 228 g/mol. The van der Waals surface area contributed by atoms with Gasteiger partial charge in [-0.05, 0) is 33.0 Å². The highest BCUT2D eigenvalue weighted by Crippen LogP contribution is 1.91. The van der Waals surface area contributed by atoms with Gasteiger partial charge in [-0.25, -0.2) is 4.79 Å². The van der Waals surface area contributed by atoms with Gasteiger partial charge in [-0.15, -0.1) is 0 Å². The molecule has 0 aliphatic carbocycles. The minimum atomic E-state index is -1.10. The van der Waals surface area contributed by atoms with E-state index in [1.54, 1.807) is 7.05 Å². The summed E-state index contributed by atoms with van der Waals surface area (Å²) >= 11 is 0. The molecular formula is C10H16N2O4. The van der Waals surface area contributed by atoms with Gasteiger partial charge >= 0.3 is 5.97 Å². The molecule has 6 nitrogen and oxygen atoms in total. The van der Waals surface area contributed by atoms with Crippen molar-refractivity contribution in [2.45, 2.75) is 19.4 Å². The summed E-state index contributed by atoms with van der Waals surface area (Å²) in [5.41, 5.74) is 0. The lowest BCUT2D eigenvalue weighted by atomic mass is 10.2. The molecule has 0 saturated heterocycles. The van der Waals surface area contributed by atoms with Crippen LogP contribution < -0.4 is 10.6 Å². The Balaban J connectivity index is 4.23. The highest BCUT2D eigenvalue weighted by atomic mass is 16.4. The number of rotatable bonds is 7. The fourth-order valence-corrected chi connectivity index (χ4v) is 0.959. The van der Waals surface area contributed by atoms with E-state index in [1.165, 1.54) is 6.92 Å². The number of hydrogen-bond donors (Lipinski definition) is 3. The van der Waals surface area contributed by atoms with E-state index in [0.717, 1.165) is 12.2 Å². The molecule has 3 N–H and O–H groups in total. The van der Waals surface area contributed by atoms with Gasteiger partial charge in [0.2, 0.25) is 5.91 Å². The topological polar surface area (TPSA) is 95.5 Å². The molecule has 1 atom stereocenters. The number of nitrogens with one attached hydrogen (secondary N) is 2. The molecular weight excluding hydrogens is 212 g/mol. The molecule has 0 heterocycles. The minimum absolute atomic E-state index is 0.266. The largest absolute Gasteiger partial charge is 0.480 e. The van der Waals surface area contributed by atoms with Crippen LogP contribution in [0.1, 0.15) is 13.3 Å². The van der Waals surface area contributed by atoms with Crippen LogP contribution in [-0.4, -0.2) is 42.4 Å². The molecule has 0 fully saturated rings. The summed E-state index contributed by atoms with van der Waals surface area (Å²) in [6.45, 7) is 1.78. The van der Waals surface area contributed by atoms with E-state index in [9.17, 15) is 14.4 Å². The summed E-state index contributed by atoms with van der Waals surface area (Å²) in [4.78, 5) is 32.5. The van der Waals surface area contributed by atoms with Crippen LogP contribution in [0, 0.1) is 0 Å². The summed E-state index contributed by atoms with van der Waals surface area (Å²) < 4.78 is 0. The molecule has 0 bridgehead atoms. The Labute approximate surface area is 93.7 Å². The lowest BCUT2D eigenvalue weighted by molar-refractivity contribution is -0.141. The third-order valence-electron chi connectivity index (χ3n) is 1.77. The van der Waals surface area contributed by atoms with E-state index >= 15 is 0 Å². The van der Waals surface area contributed by atoms with E-state index in [4.69, 9.17) is 5.11 Å². The van der Waals surface area contributed by atoms with E-state index in [1.807, 2.05) is 0 Å². The third-order valence-corrected chi connectivity index (χ3v) is 1.77. The van der Waals surface area contributed by atoms with Crippen LogP contribution in [0.3, 0.4) is 0 Å². The van der Waals surface area contributed by atoms with Gasteiger partial charge in [0.1, 0.15) is 6.04 Å². The van der Waals surface area contributed by atoms with Crippen LogP contribution in [-0.2, 0) is 14.4 Å². The Morgan fingerprint density at radius 2 is 1.94 bits per heavy atom. The monoisotopic (exact) mass is 228 g/mol. The maximum atomic E-state index is 11.2. The highest BCUT2D eigenvalue weighted by molar-refractivity contribution is 5.97. The second-order valence-corrected chi connectivity index (χ2v) is 3.24. The molecule has 0 radical (unpaired) electrons. The van der Waals surface area contributed by atoms with Crippen molar-refractivity contribution in [1.29, 1.82) is 0 Å². The number of aliphatic carboxylic acids is 1. The number of amides is 1. The number of carboxylic acid groups (broad SMARTS) is 1. The van der Waals surface area contributed by atoms with Gasteiger partial charge in [0.15, 0.2) is 5.78 Å². The van der Waals surface area contributed by atoms with Crippen molar-refractivity contribution >= 4 is 17.7 Å². The van der Waals surface area contributed by atoms with Crippen LogP contribution in [0.2, 0.25) is 0 Å². The first-order valence-corrected chi connectivity index (χ1v) is 4.84. The van der Waals surface area contributed by atoms with Crippen molar-refractivity contribution in [3.8, 4) is 0 Å². The zero-order chi connectivity index (χ0) is 12.6. The van der Waals surface area contributed by atoms with Gasteiger partial charge in [0, 0.05) is 6.08 Å². The Hall–Kier alpha value is -1.69. The molecule has 0 spiro atoms. The van der Waals surface area contributed by atoms with Crippen molar-refractivity contribution in [3.05, 3.63) is 12.2 Å². The third kappa shape index (κ3) is 6.72. The first-order chi connectivity index (χ1) is 7.47. The molecule has 6 heteroatoms. The molecule has 1 amide bonds. The molecule has 90 valence electrons. The fraction of sp³-hybridized carbons (Fsp3) is 0.500. The zero-order valence-corrected chi connectivity index (χ0v) is 9.32. The highest BCUT2D eigenvalue weighted by Gasteiger charge is 2.17. The second kappa shape index (κ2) is 7.58. The molecule has 0 unspecified atom stereocenters. The minimum Gasteiger partial charge on any atom is -0.480 e. The summed E-state index contributed by atoms with van der Waals surface area (Å²) in [5.74, 6) is -1.95. The number of carbonyl (C=O) groups excluding carboxylic acids is 2. The lowest BCUT2D eigenvalue weighted by Gasteiger charge is -2.12. The molecule has 0 rings (SSSR count). The van der Waals surface area contributed by atoms with Crippen LogP contribution in [0.4, 0.5) is 0 Å². The number of hydrogen-bond acceptors (Lipinski definition) is 4. The number of allylic oxidation sites excluding steroid dienone is 1. The van der Waals surface area contributed by atoms with Gasteiger partial charge in [-0.3, -0.25) is 9.59 Å². The standard InChI is InChI=1S/C10H16N2O4/c1-7(13)3-4-9(14)12-8(10(15)16)5-6-11-2/h3-4,8,11H,5-6H2,1-2H3,(H,12,14)(H,15,16)/b4-3+/t8-/m0/s1. The SMILES string of the molecule is CNCC[C@H](NC(=O)/C=C/C(C)=O)C(=O)O. The summed E-state index contributed by atoms with van der Waals surface area (Å²) in [5, 5.41) is 13.9. The van der Waals surface area contributed by atoms with Gasteiger partial charge in [0.05, 0.1) is 0 Å². The van der Waals surface area contributed by atoms with Crippen LogP contribution in [0.25, 0.3) is 0 Å².